The second-order valence-corrected chi connectivity index (χ2v) is 11.5. The lowest BCUT2D eigenvalue weighted by molar-refractivity contribution is -0.0396. The lowest BCUT2D eigenvalue weighted by Crippen LogP contribution is -2.47. The highest BCUT2D eigenvalue weighted by Gasteiger charge is 2.56. The Hall–Kier alpha value is -0.540. The first-order valence-corrected chi connectivity index (χ1v) is 13.7. The van der Waals surface area contributed by atoms with Crippen LogP contribution in [0.25, 0.3) is 0 Å². The zero-order chi connectivity index (χ0) is 21.1. The molecule has 0 radical (unpaired) electrons. The topological polar surface area (TPSA) is 40.5 Å². The molecule has 1 aromatic rings. The van der Waals surface area contributed by atoms with E-state index in [1.165, 1.54) is 75.3 Å². The predicted molar refractivity (Wildman–Crippen MR) is 128 cm³/mol. The summed E-state index contributed by atoms with van der Waals surface area (Å²) >= 11 is 3.53. The number of hydrogen-bond acceptors (Lipinski definition) is 2. The molecule has 0 aliphatic heterocycles. The van der Waals surface area contributed by atoms with Crippen molar-refractivity contribution >= 4 is 15.9 Å². The maximum atomic E-state index is 10.8. The minimum Gasteiger partial charge on any atom is -0.508 e. The molecule has 4 rings (SSSR count). The molecule has 0 aromatic heterocycles. The molecule has 2 nitrogen and oxygen atoms in total. The summed E-state index contributed by atoms with van der Waals surface area (Å²) in [4.78, 5) is 0. The number of phenols is 1. The molecule has 0 saturated heterocycles. The van der Waals surface area contributed by atoms with Crippen LogP contribution in [-0.2, 0) is 6.42 Å². The summed E-state index contributed by atoms with van der Waals surface area (Å²) in [7, 11) is 0. The van der Waals surface area contributed by atoms with Crippen LogP contribution in [0.5, 0.6) is 5.75 Å². The lowest BCUT2D eigenvalue weighted by atomic mass is 9.52. The summed E-state index contributed by atoms with van der Waals surface area (Å²) in [6.45, 7) is 2.38. The minimum absolute atomic E-state index is 0.107. The molecule has 6 atom stereocenters. The number of halogens is 1. The van der Waals surface area contributed by atoms with Crippen LogP contribution >= 0.6 is 15.9 Å². The number of alkyl halides is 1. The minimum atomic E-state index is -0.107. The Morgan fingerprint density at radius 2 is 1.73 bits per heavy atom. The quantitative estimate of drug-likeness (QED) is 0.288. The number of phenolic OH excluding ortho intramolecular Hbond substituents is 1. The van der Waals surface area contributed by atoms with Crippen LogP contribution < -0.4 is 0 Å². The molecule has 2 fully saturated rings. The molecule has 3 heteroatoms. The molecule has 0 heterocycles. The van der Waals surface area contributed by atoms with E-state index in [0.29, 0.717) is 23.5 Å². The van der Waals surface area contributed by atoms with Gasteiger partial charge in [-0.3, -0.25) is 0 Å². The van der Waals surface area contributed by atoms with Crippen molar-refractivity contribution < 1.29 is 10.2 Å². The molecular formula is C27H41BrO2. The van der Waals surface area contributed by atoms with E-state index in [-0.39, 0.29) is 11.5 Å². The van der Waals surface area contributed by atoms with E-state index in [4.69, 9.17) is 0 Å². The number of hydrogen-bond donors (Lipinski definition) is 2. The number of benzene rings is 1. The maximum absolute atomic E-state index is 10.8. The van der Waals surface area contributed by atoms with Crippen molar-refractivity contribution in [2.75, 3.05) is 5.33 Å². The summed E-state index contributed by atoms with van der Waals surface area (Å²) in [6.07, 6.45) is 16.4. The van der Waals surface area contributed by atoms with E-state index in [2.05, 4.69) is 28.9 Å². The zero-order valence-corrected chi connectivity index (χ0v) is 20.4. The van der Waals surface area contributed by atoms with E-state index < -0.39 is 0 Å². The van der Waals surface area contributed by atoms with Crippen molar-refractivity contribution in [3.05, 3.63) is 29.3 Å². The number of fused-ring (bicyclic) bond motifs is 5. The summed E-state index contributed by atoms with van der Waals surface area (Å²) in [5.74, 6) is 3.16. The van der Waals surface area contributed by atoms with Crippen molar-refractivity contribution in [2.24, 2.45) is 23.2 Å². The fourth-order valence-corrected chi connectivity index (χ4v) is 7.81. The van der Waals surface area contributed by atoms with Gasteiger partial charge in [0.1, 0.15) is 5.75 Å². The molecule has 168 valence electrons. The van der Waals surface area contributed by atoms with Gasteiger partial charge in [-0.1, -0.05) is 67.4 Å². The number of aromatic hydroxyl groups is 1. The van der Waals surface area contributed by atoms with Gasteiger partial charge in [0, 0.05) is 5.33 Å². The van der Waals surface area contributed by atoms with Gasteiger partial charge in [-0.15, -0.1) is 0 Å². The average molecular weight is 478 g/mol. The van der Waals surface area contributed by atoms with Crippen LogP contribution in [0.1, 0.15) is 101 Å². The van der Waals surface area contributed by atoms with Gasteiger partial charge < -0.3 is 10.2 Å². The number of aliphatic hydroxyl groups excluding tert-OH is 1. The summed E-state index contributed by atoms with van der Waals surface area (Å²) in [6, 6.07) is 6.14. The molecule has 0 spiro atoms. The molecule has 3 aliphatic carbocycles. The third kappa shape index (κ3) is 4.49. The van der Waals surface area contributed by atoms with Crippen molar-refractivity contribution in [3.63, 3.8) is 0 Å². The van der Waals surface area contributed by atoms with Crippen LogP contribution in [0.2, 0.25) is 0 Å². The van der Waals surface area contributed by atoms with Crippen LogP contribution in [0.15, 0.2) is 18.2 Å². The third-order valence-corrected chi connectivity index (χ3v) is 9.60. The van der Waals surface area contributed by atoms with E-state index in [9.17, 15) is 10.2 Å². The van der Waals surface area contributed by atoms with Gasteiger partial charge in [-0.25, -0.2) is 0 Å². The average Bonchev–Trinajstić information content (AvgIpc) is 3.04. The first-order chi connectivity index (χ1) is 14.5. The van der Waals surface area contributed by atoms with E-state index in [1.54, 1.807) is 0 Å². The molecule has 1 unspecified atom stereocenters. The first-order valence-electron chi connectivity index (χ1n) is 12.6. The van der Waals surface area contributed by atoms with Crippen molar-refractivity contribution in [2.45, 2.75) is 102 Å². The summed E-state index contributed by atoms with van der Waals surface area (Å²) in [5.41, 5.74) is 3.03. The van der Waals surface area contributed by atoms with Crippen LogP contribution in [-0.4, -0.2) is 21.6 Å². The van der Waals surface area contributed by atoms with Gasteiger partial charge in [0.2, 0.25) is 0 Å². The summed E-state index contributed by atoms with van der Waals surface area (Å²) in [5, 5.41) is 22.0. The molecular weight excluding hydrogens is 436 g/mol. The number of rotatable bonds is 9. The Labute approximate surface area is 192 Å². The van der Waals surface area contributed by atoms with Crippen molar-refractivity contribution in [1.82, 2.24) is 0 Å². The molecule has 1 aromatic carbocycles. The molecule has 2 saturated carbocycles. The highest BCUT2D eigenvalue weighted by Crippen LogP contribution is 2.62. The smallest absolute Gasteiger partial charge is 0.115 e. The van der Waals surface area contributed by atoms with E-state index in [1.807, 2.05) is 12.1 Å². The van der Waals surface area contributed by atoms with Crippen LogP contribution in [0.4, 0.5) is 0 Å². The normalized spacial score (nSPS) is 35.0. The third-order valence-electron chi connectivity index (χ3n) is 9.04. The number of aliphatic hydroxyl groups is 1. The second kappa shape index (κ2) is 9.94. The highest BCUT2D eigenvalue weighted by molar-refractivity contribution is 9.09. The molecule has 3 aliphatic rings. The summed E-state index contributed by atoms with van der Waals surface area (Å²) < 4.78 is 0. The molecule has 0 amide bonds. The van der Waals surface area contributed by atoms with E-state index >= 15 is 0 Å². The lowest BCUT2D eigenvalue weighted by Gasteiger charge is -2.53. The molecule has 0 bridgehead atoms. The largest absolute Gasteiger partial charge is 0.508 e. The Morgan fingerprint density at radius 3 is 2.50 bits per heavy atom. The Kier molecular flexibility index (Phi) is 7.51. The second-order valence-electron chi connectivity index (χ2n) is 10.7. The van der Waals surface area contributed by atoms with Crippen LogP contribution in [0.3, 0.4) is 0 Å². The van der Waals surface area contributed by atoms with Crippen molar-refractivity contribution in [3.8, 4) is 5.75 Å². The van der Waals surface area contributed by atoms with Gasteiger partial charge in [-0.05, 0) is 97.3 Å². The first kappa shape index (κ1) is 22.6. The molecule has 2 N–H and O–H groups in total. The predicted octanol–water partition coefficient (Wildman–Crippen LogP) is 7.35. The van der Waals surface area contributed by atoms with Crippen molar-refractivity contribution in [1.29, 1.82) is 0 Å². The zero-order valence-electron chi connectivity index (χ0n) is 18.8. The Bertz CT molecular complexity index is 704. The SMILES string of the molecule is C[C@]12CC[C@@H]3c4ccc(O)cc4CC(CCCCCCCCCBr)[C@H]3[C@@H]1CC[C@@H]2O. The molecule has 30 heavy (non-hydrogen) atoms. The van der Waals surface area contributed by atoms with Gasteiger partial charge >= 0.3 is 0 Å². The monoisotopic (exact) mass is 476 g/mol. The number of unbranched alkanes of at least 4 members (excludes halogenated alkanes) is 6. The van der Waals surface area contributed by atoms with Gasteiger partial charge in [0.25, 0.3) is 0 Å². The fourth-order valence-electron chi connectivity index (χ4n) is 7.42. The van der Waals surface area contributed by atoms with Gasteiger partial charge in [0.15, 0.2) is 0 Å². The Balaban J connectivity index is 1.43. The fraction of sp³-hybridized carbons (Fsp3) is 0.778. The van der Waals surface area contributed by atoms with Crippen LogP contribution in [0, 0.1) is 23.2 Å². The van der Waals surface area contributed by atoms with Gasteiger partial charge in [0.05, 0.1) is 6.10 Å². The maximum Gasteiger partial charge on any atom is 0.115 e. The van der Waals surface area contributed by atoms with E-state index in [0.717, 1.165) is 30.5 Å². The highest BCUT2D eigenvalue weighted by atomic mass is 79.9. The Morgan fingerprint density at radius 1 is 1.00 bits per heavy atom. The standard InChI is InChI=1S/C27H41BrO2/c1-27-15-14-23-22-11-10-21(29)18-20(22)17-19(26(23)24(27)12-13-25(27)30)9-7-5-3-2-4-6-8-16-28/h10-11,18-19,23-26,29-30H,2-9,12-17H2,1H3/t19?,23-,24+,25+,26-,27+/m1/s1. The van der Waals surface area contributed by atoms with Gasteiger partial charge in [-0.2, -0.15) is 0 Å².